The molecule has 3 aromatic carbocycles. The van der Waals surface area contributed by atoms with Gasteiger partial charge in [-0.1, -0.05) is 54.6 Å². The highest BCUT2D eigenvalue weighted by Crippen LogP contribution is 2.29. The van der Waals surface area contributed by atoms with E-state index in [1.807, 2.05) is 54.6 Å². The fourth-order valence-corrected chi connectivity index (χ4v) is 3.09. The van der Waals surface area contributed by atoms with E-state index in [2.05, 4.69) is 11.1 Å². The summed E-state index contributed by atoms with van der Waals surface area (Å²) in [5.74, 6) is 0.345. The molecule has 0 aliphatic carbocycles. The molecule has 0 aliphatic rings. The minimum Gasteiger partial charge on any atom is -0.477 e. The summed E-state index contributed by atoms with van der Waals surface area (Å²) in [6, 6.07) is 26.0. The first kappa shape index (κ1) is 16.6. The van der Waals surface area contributed by atoms with Gasteiger partial charge in [0.25, 0.3) is 0 Å². The number of carbonyl (C=O) groups is 1. The van der Waals surface area contributed by atoms with Gasteiger partial charge in [-0.3, -0.25) is 4.79 Å². The summed E-state index contributed by atoms with van der Waals surface area (Å²) in [6.45, 7) is 0. The maximum atomic E-state index is 13.4. The van der Waals surface area contributed by atoms with Crippen molar-refractivity contribution in [3.63, 3.8) is 0 Å². The molecule has 0 saturated carbocycles. The molecular formula is C23H16N2O2. The van der Waals surface area contributed by atoms with Crippen LogP contribution in [0.25, 0.3) is 10.9 Å². The van der Waals surface area contributed by atoms with Gasteiger partial charge in [-0.25, -0.2) is 0 Å². The van der Waals surface area contributed by atoms with Crippen LogP contribution in [0.15, 0.2) is 85.1 Å². The lowest BCUT2D eigenvalue weighted by molar-refractivity contribution is 0.0794. The number of aromatic amines is 1. The molecule has 130 valence electrons. The number of nitrogens with one attached hydrogen (secondary N) is 1. The minimum atomic E-state index is -0.806. The van der Waals surface area contributed by atoms with Crippen molar-refractivity contribution < 1.29 is 9.53 Å². The van der Waals surface area contributed by atoms with Gasteiger partial charge in [0.15, 0.2) is 6.10 Å². The molecule has 0 unspecified atom stereocenters. The fraction of sp³-hybridized carbons (Fsp3) is 0.0435. The summed E-state index contributed by atoms with van der Waals surface area (Å²) >= 11 is 0. The standard InChI is InChI=1S/C23H16N2O2/c24-14-16-7-6-10-18(13-16)27-23(17-8-2-1-3-9-17)22(26)20-15-25-21-12-5-4-11-19(20)21/h1-13,15,23,25H/t23-/m1/s1. The second-order valence-corrected chi connectivity index (χ2v) is 6.16. The molecule has 0 aliphatic heterocycles. The Hall–Kier alpha value is -3.84. The summed E-state index contributed by atoms with van der Waals surface area (Å²) in [7, 11) is 0. The molecular weight excluding hydrogens is 336 g/mol. The van der Waals surface area contributed by atoms with E-state index in [1.54, 1.807) is 30.5 Å². The van der Waals surface area contributed by atoms with Gasteiger partial charge >= 0.3 is 0 Å². The first-order valence-corrected chi connectivity index (χ1v) is 8.58. The molecule has 0 spiro atoms. The van der Waals surface area contributed by atoms with E-state index >= 15 is 0 Å². The highest BCUT2D eigenvalue weighted by molar-refractivity contribution is 6.10. The van der Waals surface area contributed by atoms with E-state index in [9.17, 15) is 4.79 Å². The molecule has 4 heteroatoms. The number of carbonyl (C=O) groups excluding carboxylic acids is 1. The van der Waals surface area contributed by atoms with Gasteiger partial charge in [-0.2, -0.15) is 5.26 Å². The third-order valence-corrected chi connectivity index (χ3v) is 4.41. The molecule has 1 aromatic heterocycles. The number of nitrogens with zero attached hydrogens (tertiary/aromatic N) is 1. The Balaban J connectivity index is 1.76. The summed E-state index contributed by atoms with van der Waals surface area (Å²) in [4.78, 5) is 16.5. The Morgan fingerprint density at radius 3 is 2.56 bits per heavy atom. The van der Waals surface area contributed by atoms with Crippen molar-refractivity contribution in [2.45, 2.75) is 6.10 Å². The Morgan fingerprint density at radius 1 is 0.963 bits per heavy atom. The lowest BCUT2D eigenvalue weighted by atomic mass is 9.99. The van der Waals surface area contributed by atoms with E-state index in [-0.39, 0.29) is 5.78 Å². The normalized spacial score (nSPS) is 11.7. The molecule has 1 heterocycles. The van der Waals surface area contributed by atoms with Gasteiger partial charge in [-0.05, 0) is 24.3 Å². The predicted molar refractivity (Wildman–Crippen MR) is 104 cm³/mol. The van der Waals surface area contributed by atoms with Gasteiger partial charge < -0.3 is 9.72 Å². The van der Waals surface area contributed by atoms with Crippen LogP contribution in [0.5, 0.6) is 5.75 Å². The van der Waals surface area contributed by atoms with Crippen molar-refractivity contribution in [1.29, 1.82) is 5.26 Å². The predicted octanol–water partition coefficient (Wildman–Crippen LogP) is 5.04. The molecule has 0 amide bonds. The van der Waals surface area contributed by atoms with Crippen molar-refractivity contribution in [1.82, 2.24) is 4.98 Å². The third kappa shape index (κ3) is 3.31. The van der Waals surface area contributed by atoms with Crippen LogP contribution in [0.1, 0.15) is 27.6 Å². The van der Waals surface area contributed by atoms with Crippen molar-refractivity contribution >= 4 is 16.7 Å². The van der Waals surface area contributed by atoms with Gasteiger partial charge in [0, 0.05) is 28.2 Å². The average Bonchev–Trinajstić information content (AvgIpc) is 3.16. The number of hydrogen-bond acceptors (Lipinski definition) is 3. The first-order chi connectivity index (χ1) is 13.3. The van der Waals surface area contributed by atoms with Crippen molar-refractivity contribution in [2.24, 2.45) is 0 Å². The maximum Gasteiger partial charge on any atom is 0.210 e. The average molecular weight is 352 g/mol. The molecule has 0 fully saturated rings. The van der Waals surface area contributed by atoms with Crippen LogP contribution in [0.2, 0.25) is 0 Å². The van der Waals surface area contributed by atoms with E-state index in [0.717, 1.165) is 16.5 Å². The van der Waals surface area contributed by atoms with Crippen molar-refractivity contribution in [3.05, 3.63) is 102 Å². The number of nitriles is 1. The molecule has 0 bridgehead atoms. The SMILES string of the molecule is N#Cc1cccc(O[C@@H](C(=O)c2c[nH]c3ccccc23)c2ccccc2)c1. The van der Waals surface area contributed by atoms with Crippen LogP contribution in [0.3, 0.4) is 0 Å². The molecule has 1 atom stereocenters. The first-order valence-electron chi connectivity index (χ1n) is 8.58. The summed E-state index contributed by atoms with van der Waals surface area (Å²) < 4.78 is 6.06. The van der Waals surface area contributed by atoms with E-state index < -0.39 is 6.10 Å². The molecule has 4 nitrogen and oxygen atoms in total. The summed E-state index contributed by atoms with van der Waals surface area (Å²) in [5.41, 5.74) is 2.73. The number of para-hydroxylation sites is 1. The topological polar surface area (TPSA) is 65.9 Å². The smallest absolute Gasteiger partial charge is 0.210 e. The number of aromatic nitrogens is 1. The van der Waals surface area contributed by atoms with Crippen LogP contribution in [-0.2, 0) is 0 Å². The van der Waals surface area contributed by atoms with Crippen LogP contribution in [0, 0.1) is 11.3 Å². The zero-order valence-corrected chi connectivity index (χ0v) is 14.4. The van der Waals surface area contributed by atoms with Crippen LogP contribution in [0.4, 0.5) is 0 Å². The highest BCUT2D eigenvalue weighted by Gasteiger charge is 2.26. The molecule has 1 N–H and O–H groups in total. The second-order valence-electron chi connectivity index (χ2n) is 6.16. The molecule has 4 rings (SSSR count). The number of Topliss-reactive ketones (excluding diaryl/α,β-unsaturated/α-hetero) is 1. The van der Waals surface area contributed by atoms with Gasteiger partial charge in [-0.15, -0.1) is 0 Å². The van der Waals surface area contributed by atoms with Gasteiger partial charge in [0.1, 0.15) is 5.75 Å². The number of hydrogen-bond donors (Lipinski definition) is 1. The lowest BCUT2D eigenvalue weighted by Gasteiger charge is -2.18. The fourth-order valence-electron chi connectivity index (χ4n) is 3.09. The Morgan fingerprint density at radius 2 is 1.74 bits per heavy atom. The van der Waals surface area contributed by atoms with E-state index in [1.165, 1.54) is 0 Å². The number of ketones is 1. The van der Waals surface area contributed by atoms with Crippen molar-refractivity contribution in [2.75, 3.05) is 0 Å². The monoisotopic (exact) mass is 352 g/mol. The lowest BCUT2D eigenvalue weighted by Crippen LogP contribution is -2.19. The molecule has 27 heavy (non-hydrogen) atoms. The maximum absolute atomic E-state index is 13.4. The Bertz CT molecular complexity index is 1140. The Kier molecular flexibility index (Phi) is 4.42. The molecule has 0 saturated heterocycles. The van der Waals surface area contributed by atoms with Gasteiger partial charge in [0.05, 0.1) is 11.6 Å². The highest BCUT2D eigenvalue weighted by atomic mass is 16.5. The quantitative estimate of drug-likeness (QED) is 0.512. The number of H-pyrrole nitrogens is 1. The Labute approximate surface area is 156 Å². The third-order valence-electron chi connectivity index (χ3n) is 4.41. The summed E-state index contributed by atoms with van der Waals surface area (Å²) in [5, 5.41) is 9.97. The number of benzene rings is 3. The van der Waals surface area contributed by atoms with E-state index in [4.69, 9.17) is 10.00 Å². The molecule has 4 aromatic rings. The van der Waals surface area contributed by atoms with E-state index in [0.29, 0.717) is 16.9 Å². The largest absolute Gasteiger partial charge is 0.477 e. The number of ether oxygens (including phenoxy) is 1. The number of rotatable bonds is 5. The second kappa shape index (κ2) is 7.19. The van der Waals surface area contributed by atoms with Crippen LogP contribution in [-0.4, -0.2) is 10.8 Å². The minimum absolute atomic E-state index is 0.138. The van der Waals surface area contributed by atoms with Crippen molar-refractivity contribution in [3.8, 4) is 11.8 Å². The molecule has 0 radical (unpaired) electrons. The van der Waals surface area contributed by atoms with Crippen LogP contribution < -0.4 is 4.74 Å². The van der Waals surface area contributed by atoms with Gasteiger partial charge in [0.2, 0.25) is 5.78 Å². The number of fused-ring (bicyclic) bond motifs is 1. The zero-order chi connectivity index (χ0) is 18.6. The van der Waals surface area contributed by atoms with Crippen LogP contribution >= 0.6 is 0 Å². The zero-order valence-electron chi connectivity index (χ0n) is 14.4. The summed E-state index contributed by atoms with van der Waals surface area (Å²) in [6.07, 6.45) is 0.914.